The number of nitrogens with one attached hydrogen (secondary N) is 1. The van der Waals surface area contributed by atoms with E-state index >= 15 is 0 Å². The fourth-order valence-electron chi connectivity index (χ4n) is 6.74. The number of fused-ring (bicyclic) bond motifs is 5. The van der Waals surface area contributed by atoms with Crippen LogP contribution in [0.25, 0.3) is 0 Å². The Morgan fingerprint density at radius 1 is 1.07 bits per heavy atom. The quantitative estimate of drug-likeness (QED) is 0.597. The van der Waals surface area contributed by atoms with Gasteiger partial charge in [0.05, 0.1) is 0 Å². The van der Waals surface area contributed by atoms with Gasteiger partial charge in [-0.3, -0.25) is 9.59 Å². The minimum absolute atomic E-state index is 0.0657. The molecule has 0 spiro atoms. The van der Waals surface area contributed by atoms with Crippen molar-refractivity contribution < 1.29 is 14.0 Å². The number of hydrogen-bond donors (Lipinski definition) is 1. The summed E-state index contributed by atoms with van der Waals surface area (Å²) < 4.78 is 6.76. The van der Waals surface area contributed by atoms with Crippen molar-refractivity contribution in [3.8, 4) is 0 Å². The molecule has 4 nitrogen and oxygen atoms in total. The molecule has 0 bridgehead atoms. The summed E-state index contributed by atoms with van der Waals surface area (Å²) in [6.07, 6.45) is 8.81. The summed E-state index contributed by atoms with van der Waals surface area (Å²) in [7, 11) is -1.82. The first kappa shape index (κ1) is 22.3. The van der Waals surface area contributed by atoms with Crippen molar-refractivity contribution in [2.75, 3.05) is 0 Å². The largest absolute Gasteiger partial charge is 0.414 e. The molecule has 0 aromatic rings. The van der Waals surface area contributed by atoms with Crippen LogP contribution in [0.2, 0.25) is 18.1 Å². The van der Waals surface area contributed by atoms with Crippen LogP contribution in [0.3, 0.4) is 0 Å². The average molecular weight is 432 g/mol. The molecule has 5 heteroatoms. The molecule has 2 saturated carbocycles. The second-order valence-corrected chi connectivity index (χ2v) is 17.3. The van der Waals surface area contributed by atoms with Gasteiger partial charge < -0.3 is 9.74 Å². The highest BCUT2D eigenvalue weighted by molar-refractivity contribution is 6.74. The van der Waals surface area contributed by atoms with Crippen LogP contribution < -0.4 is 5.32 Å². The summed E-state index contributed by atoms with van der Waals surface area (Å²) in [5.41, 5.74) is 1.23. The monoisotopic (exact) mass is 431 g/mol. The van der Waals surface area contributed by atoms with E-state index in [9.17, 15) is 9.59 Å². The van der Waals surface area contributed by atoms with E-state index in [4.69, 9.17) is 4.43 Å². The van der Waals surface area contributed by atoms with Gasteiger partial charge >= 0.3 is 0 Å². The highest BCUT2D eigenvalue weighted by Gasteiger charge is 2.59. The fraction of sp³-hybridized carbons (Fsp3) is 0.840. The maximum atomic E-state index is 13.4. The van der Waals surface area contributed by atoms with Crippen molar-refractivity contribution >= 4 is 20.0 Å². The van der Waals surface area contributed by atoms with Crippen molar-refractivity contribution in [3.63, 3.8) is 0 Å². The number of rotatable bonds is 2. The molecular weight excluding hydrogens is 390 g/mol. The molecule has 1 N–H and O–H groups in total. The smallest absolute Gasteiger partial charge is 0.220 e. The van der Waals surface area contributed by atoms with Crippen LogP contribution in [0.4, 0.5) is 0 Å². The summed E-state index contributed by atoms with van der Waals surface area (Å²) in [4.78, 5) is 25.5. The molecule has 4 rings (SSSR count). The number of ketones is 1. The normalized spacial score (nSPS) is 41.9. The van der Waals surface area contributed by atoms with Crippen LogP contribution in [-0.4, -0.2) is 31.7 Å². The standard InChI is InChI=1S/C25H41NO3Si/c1-23(2,3)30(6,7)29-17-10-12-24(4)16(14-17)15-20(27)22-18(24)11-13-25(5)19(22)8-9-21(28)26-25/h15,17-19,22H,8-14H2,1-7H3,(H,26,28)/t17-,18-,19-,22+,24-,25-/m0/s1. The number of allylic oxidation sites excluding steroid dienone is 1. The van der Waals surface area contributed by atoms with E-state index in [1.165, 1.54) is 5.57 Å². The number of hydrogen-bond acceptors (Lipinski definition) is 3. The van der Waals surface area contributed by atoms with E-state index < -0.39 is 8.32 Å². The van der Waals surface area contributed by atoms with Crippen LogP contribution in [0.5, 0.6) is 0 Å². The lowest BCUT2D eigenvalue weighted by atomic mass is 9.48. The minimum atomic E-state index is -1.82. The van der Waals surface area contributed by atoms with Crippen LogP contribution in [0, 0.1) is 23.2 Å². The van der Waals surface area contributed by atoms with Crippen LogP contribution >= 0.6 is 0 Å². The molecule has 3 aliphatic carbocycles. The van der Waals surface area contributed by atoms with E-state index in [-0.39, 0.29) is 39.8 Å². The zero-order valence-electron chi connectivity index (χ0n) is 20.1. The summed E-state index contributed by atoms with van der Waals surface area (Å²) >= 11 is 0. The van der Waals surface area contributed by atoms with Gasteiger partial charge in [-0.25, -0.2) is 0 Å². The van der Waals surface area contributed by atoms with Gasteiger partial charge in [-0.05, 0) is 86.9 Å². The number of carbonyl (C=O) groups excluding carboxylic acids is 2. The Morgan fingerprint density at radius 3 is 2.43 bits per heavy atom. The Labute approximate surface area is 183 Å². The lowest BCUT2D eigenvalue weighted by molar-refractivity contribution is -0.141. The lowest BCUT2D eigenvalue weighted by Gasteiger charge is -2.59. The predicted molar refractivity (Wildman–Crippen MR) is 123 cm³/mol. The molecule has 0 aromatic heterocycles. The third kappa shape index (κ3) is 3.44. The Kier molecular flexibility index (Phi) is 5.22. The van der Waals surface area contributed by atoms with Gasteiger partial charge in [-0.2, -0.15) is 0 Å². The third-order valence-electron chi connectivity index (χ3n) is 9.67. The molecule has 30 heavy (non-hydrogen) atoms. The predicted octanol–water partition coefficient (Wildman–Crippen LogP) is 5.39. The first-order valence-corrected chi connectivity index (χ1v) is 14.9. The number of piperidine rings is 1. The topological polar surface area (TPSA) is 55.4 Å². The van der Waals surface area contributed by atoms with Crippen molar-refractivity contribution in [1.82, 2.24) is 5.32 Å². The zero-order valence-corrected chi connectivity index (χ0v) is 21.1. The molecule has 0 unspecified atom stereocenters. The van der Waals surface area contributed by atoms with E-state index in [2.05, 4.69) is 53.0 Å². The molecule has 1 heterocycles. The van der Waals surface area contributed by atoms with Crippen molar-refractivity contribution in [1.29, 1.82) is 0 Å². The van der Waals surface area contributed by atoms with E-state index in [1.54, 1.807) is 0 Å². The van der Waals surface area contributed by atoms with Crippen molar-refractivity contribution in [2.45, 2.75) is 109 Å². The summed E-state index contributed by atoms with van der Waals surface area (Å²) in [6.45, 7) is 16.1. The third-order valence-corrected chi connectivity index (χ3v) is 14.2. The highest BCUT2D eigenvalue weighted by atomic mass is 28.4. The Hall–Kier alpha value is -0.943. The van der Waals surface area contributed by atoms with Crippen molar-refractivity contribution in [3.05, 3.63) is 11.6 Å². The van der Waals surface area contributed by atoms with Gasteiger partial charge in [-0.1, -0.05) is 33.3 Å². The highest BCUT2D eigenvalue weighted by Crippen LogP contribution is 2.60. The van der Waals surface area contributed by atoms with Gasteiger partial charge in [0, 0.05) is 24.0 Å². The number of amides is 1. The zero-order chi connectivity index (χ0) is 22.1. The maximum absolute atomic E-state index is 13.4. The maximum Gasteiger partial charge on any atom is 0.220 e. The van der Waals surface area contributed by atoms with Crippen LogP contribution in [0.15, 0.2) is 11.6 Å². The Bertz CT molecular complexity index is 782. The Morgan fingerprint density at radius 2 is 1.77 bits per heavy atom. The molecule has 6 atom stereocenters. The molecule has 1 saturated heterocycles. The van der Waals surface area contributed by atoms with Gasteiger partial charge in [-0.15, -0.1) is 0 Å². The van der Waals surface area contributed by atoms with Gasteiger partial charge in [0.2, 0.25) is 5.91 Å². The van der Waals surface area contributed by atoms with E-state index in [0.29, 0.717) is 18.1 Å². The molecule has 3 fully saturated rings. The number of carbonyl (C=O) groups is 2. The second-order valence-electron chi connectivity index (χ2n) is 12.5. The summed E-state index contributed by atoms with van der Waals surface area (Å²) in [5, 5.41) is 3.46. The Balaban J connectivity index is 1.58. The lowest BCUT2D eigenvalue weighted by Crippen LogP contribution is -2.64. The summed E-state index contributed by atoms with van der Waals surface area (Å²) in [6, 6.07) is 0. The first-order valence-electron chi connectivity index (χ1n) is 12.0. The van der Waals surface area contributed by atoms with Crippen LogP contribution in [0.1, 0.15) is 79.6 Å². The average Bonchev–Trinajstić information content (AvgIpc) is 2.61. The first-order chi connectivity index (χ1) is 13.8. The van der Waals surface area contributed by atoms with E-state index in [1.807, 2.05) is 6.08 Å². The molecule has 0 radical (unpaired) electrons. The molecule has 168 valence electrons. The minimum Gasteiger partial charge on any atom is -0.414 e. The molecular formula is C25H41NO3Si. The van der Waals surface area contributed by atoms with Crippen molar-refractivity contribution in [2.24, 2.45) is 23.2 Å². The fourth-order valence-corrected chi connectivity index (χ4v) is 8.13. The SMILES string of the molecule is CC(C)(C)[Si](C)(C)O[C@H]1CC[C@@]2(C)C(=CC(=O)[C@@H]3[C@@H]2CC[C@]2(C)NC(=O)CC[C@@H]32)C1. The van der Waals surface area contributed by atoms with E-state index in [0.717, 1.165) is 38.5 Å². The summed E-state index contributed by atoms with van der Waals surface area (Å²) in [5.74, 6) is 1.22. The molecule has 1 amide bonds. The second kappa shape index (κ2) is 7.03. The molecule has 1 aliphatic heterocycles. The van der Waals surface area contributed by atoms with Gasteiger partial charge in [0.1, 0.15) is 0 Å². The van der Waals surface area contributed by atoms with Gasteiger partial charge in [0.15, 0.2) is 14.1 Å². The molecule has 0 aromatic carbocycles. The van der Waals surface area contributed by atoms with Crippen LogP contribution in [-0.2, 0) is 14.0 Å². The van der Waals surface area contributed by atoms with Gasteiger partial charge in [0.25, 0.3) is 0 Å². The molecule has 4 aliphatic rings.